The summed E-state index contributed by atoms with van der Waals surface area (Å²) in [6, 6.07) is 8.51. The van der Waals surface area contributed by atoms with Gasteiger partial charge < -0.3 is 4.74 Å². The molecule has 2 rings (SSSR count). The lowest BCUT2D eigenvalue weighted by atomic mass is 9.81. The molecule has 1 aromatic carbocycles. The van der Waals surface area contributed by atoms with E-state index in [1.54, 1.807) is 0 Å². The summed E-state index contributed by atoms with van der Waals surface area (Å²) < 4.78 is 19.9. The Morgan fingerprint density at radius 2 is 1.89 bits per heavy atom. The zero-order valence-electron chi connectivity index (χ0n) is 12.2. The largest absolute Gasteiger partial charge is 0.375 e. The summed E-state index contributed by atoms with van der Waals surface area (Å²) in [5, 5.41) is 0. The molecule has 1 saturated carbocycles. The molecule has 0 amide bonds. The number of aryl methyl sites for hydroxylation is 1. The Balaban J connectivity index is 1.90. The number of rotatable bonds is 4. The highest BCUT2D eigenvalue weighted by molar-refractivity contribution is 5.25. The molecule has 1 aliphatic carbocycles. The van der Waals surface area contributed by atoms with Crippen molar-refractivity contribution in [3.05, 3.63) is 35.4 Å². The predicted molar refractivity (Wildman–Crippen MR) is 77.2 cm³/mol. The molecule has 1 aromatic rings. The third-order valence-electron chi connectivity index (χ3n) is 3.91. The number of benzene rings is 1. The van der Waals surface area contributed by atoms with Crippen LogP contribution in [0.2, 0.25) is 0 Å². The van der Waals surface area contributed by atoms with Gasteiger partial charge in [0, 0.05) is 6.61 Å². The van der Waals surface area contributed by atoms with Gasteiger partial charge in [0.05, 0.1) is 6.10 Å². The summed E-state index contributed by atoms with van der Waals surface area (Å²) in [4.78, 5) is 0. The first-order chi connectivity index (χ1) is 9.06. The molecule has 0 aromatic heterocycles. The minimum Gasteiger partial charge on any atom is -0.375 e. The number of hydrogen-bond acceptors (Lipinski definition) is 1. The summed E-state index contributed by atoms with van der Waals surface area (Å²) in [5.74, 6) is 0.830. The Bertz CT molecular complexity index is 385. The van der Waals surface area contributed by atoms with Crippen molar-refractivity contribution in [1.82, 2.24) is 0 Å². The van der Waals surface area contributed by atoms with Crippen LogP contribution in [0.15, 0.2) is 24.3 Å². The quantitative estimate of drug-likeness (QED) is 0.769. The van der Waals surface area contributed by atoms with Crippen LogP contribution < -0.4 is 0 Å². The molecule has 0 heterocycles. The van der Waals surface area contributed by atoms with E-state index in [1.165, 1.54) is 11.1 Å². The van der Waals surface area contributed by atoms with E-state index in [1.807, 2.05) is 0 Å². The smallest absolute Gasteiger partial charge is 0.127 e. The average Bonchev–Trinajstić information content (AvgIpc) is 2.38. The first-order valence-electron chi connectivity index (χ1n) is 7.38. The Kier molecular flexibility index (Phi) is 4.98. The fourth-order valence-electron chi connectivity index (χ4n) is 2.73. The molecule has 2 heteroatoms. The summed E-state index contributed by atoms with van der Waals surface area (Å²) in [6.07, 6.45) is 1.47. The number of ether oxygens (including phenoxy) is 1. The molecule has 0 bridgehead atoms. The van der Waals surface area contributed by atoms with E-state index < -0.39 is 6.17 Å². The van der Waals surface area contributed by atoms with Crippen LogP contribution in [0.25, 0.3) is 0 Å². The third-order valence-corrected chi connectivity index (χ3v) is 3.91. The molecule has 0 aliphatic heterocycles. The lowest BCUT2D eigenvalue weighted by Gasteiger charge is -2.32. The molecular weight excluding hydrogens is 239 g/mol. The maximum Gasteiger partial charge on any atom is 0.127 e. The average molecular weight is 264 g/mol. The second kappa shape index (κ2) is 6.51. The van der Waals surface area contributed by atoms with Gasteiger partial charge in [-0.05, 0) is 43.6 Å². The van der Waals surface area contributed by atoms with Gasteiger partial charge in [0.25, 0.3) is 0 Å². The molecule has 0 saturated heterocycles. The van der Waals surface area contributed by atoms with E-state index >= 15 is 0 Å². The fraction of sp³-hybridized carbons (Fsp3) is 0.647. The van der Waals surface area contributed by atoms with Crippen LogP contribution in [-0.2, 0) is 4.74 Å². The van der Waals surface area contributed by atoms with E-state index in [-0.39, 0.29) is 6.10 Å². The minimum absolute atomic E-state index is 0.191. The van der Waals surface area contributed by atoms with Crippen molar-refractivity contribution in [2.24, 2.45) is 5.92 Å². The van der Waals surface area contributed by atoms with Gasteiger partial charge in [0.2, 0.25) is 0 Å². The van der Waals surface area contributed by atoms with Gasteiger partial charge in [-0.2, -0.15) is 0 Å². The van der Waals surface area contributed by atoms with Crippen LogP contribution in [-0.4, -0.2) is 18.9 Å². The molecule has 3 atom stereocenters. The van der Waals surface area contributed by atoms with Gasteiger partial charge in [-0.1, -0.05) is 43.7 Å². The Morgan fingerprint density at radius 3 is 2.47 bits per heavy atom. The van der Waals surface area contributed by atoms with Crippen molar-refractivity contribution >= 4 is 0 Å². The first kappa shape index (κ1) is 14.5. The monoisotopic (exact) mass is 264 g/mol. The second-order valence-electron chi connectivity index (χ2n) is 6.20. The highest BCUT2D eigenvalue weighted by Gasteiger charge is 2.31. The lowest BCUT2D eigenvalue weighted by molar-refractivity contribution is -0.0384. The van der Waals surface area contributed by atoms with E-state index in [2.05, 4.69) is 45.0 Å². The van der Waals surface area contributed by atoms with E-state index in [9.17, 15) is 4.39 Å². The Hall–Kier alpha value is -0.890. The van der Waals surface area contributed by atoms with E-state index in [0.29, 0.717) is 24.9 Å². The molecule has 1 fully saturated rings. The third kappa shape index (κ3) is 4.04. The van der Waals surface area contributed by atoms with Crippen molar-refractivity contribution < 1.29 is 9.13 Å². The lowest BCUT2D eigenvalue weighted by Crippen LogP contribution is -2.33. The van der Waals surface area contributed by atoms with Crippen molar-refractivity contribution in [2.75, 3.05) is 6.61 Å². The zero-order valence-corrected chi connectivity index (χ0v) is 12.2. The summed E-state index contributed by atoms with van der Waals surface area (Å²) >= 11 is 0. The van der Waals surface area contributed by atoms with Crippen LogP contribution in [0.3, 0.4) is 0 Å². The highest BCUT2D eigenvalue weighted by atomic mass is 19.1. The van der Waals surface area contributed by atoms with Crippen LogP contribution in [0.4, 0.5) is 4.39 Å². The molecule has 0 radical (unpaired) electrons. The van der Waals surface area contributed by atoms with Gasteiger partial charge in [0.15, 0.2) is 0 Å². The molecule has 19 heavy (non-hydrogen) atoms. The first-order valence-corrected chi connectivity index (χ1v) is 7.38. The highest BCUT2D eigenvalue weighted by Crippen LogP contribution is 2.35. The molecule has 106 valence electrons. The second-order valence-corrected chi connectivity index (χ2v) is 6.20. The number of hydrogen-bond donors (Lipinski definition) is 0. The van der Waals surface area contributed by atoms with Crippen LogP contribution in [0.1, 0.15) is 50.2 Å². The normalized spacial score (nSPS) is 27.7. The number of alkyl halides is 1. The minimum atomic E-state index is -0.821. The van der Waals surface area contributed by atoms with Crippen molar-refractivity contribution in [1.29, 1.82) is 0 Å². The molecule has 0 spiro atoms. The Labute approximate surface area is 116 Å². The van der Waals surface area contributed by atoms with Gasteiger partial charge >= 0.3 is 0 Å². The van der Waals surface area contributed by atoms with Crippen LogP contribution >= 0.6 is 0 Å². The molecule has 1 nitrogen and oxygen atoms in total. The maximum atomic E-state index is 14.2. The maximum absolute atomic E-state index is 14.2. The van der Waals surface area contributed by atoms with Gasteiger partial charge in [-0.25, -0.2) is 4.39 Å². The fourth-order valence-corrected chi connectivity index (χ4v) is 2.73. The molecule has 1 aliphatic rings. The van der Waals surface area contributed by atoms with Crippen molar-refractivity contribution in [3.63, 3.8) is 0 Å². The standard InChI is InChI=1S/C17H25FO/c1-12(2)11-19-17-9-8-15(10-16(17)18)14-6-4-13(3)5-7-14/h4-7,12,15-17H,8-11H2,1-3H3. The van der Waals surface area contributed by atoms with Crippen LogP contribution in [0, 0.1) is 12.8 Å². The molecular formula is C17H25FO. The summed E-state index contributed by atoms with van der Waals surface area (Å²) in [6.45, 7) is 6.95. The van der Waals surface area contributed by atoms with Crippen molar-refractivity contribution in [2.45, 2.75) is 58.2 Å². The van der Waals surface area contributed by atoms with Gasteiger partial charge in [0.1, 0.15) is 6.17 Å². The van der Waals surface area contributed by atoms with E-state index in [0.717, 1.165) is 12.8 Å². The topological polar surface area (TPSA) is 9.23 Å². The predicted octanol–water partition coefficient (Wildman–Crippen LogP) is 4.64. The number of halogens is 1. The summed E-state index contributed by atoms with van der Waals surface area (Å²) in [7, 11) is 0. The van der Waals surface area contributed by atoms with Crippen molar-refractivity contribution in [3.8, 4) is 0 Å². The van der Waals surface area contributed by atoms with E-state index in [4.69, 9.17) is 4.74 Å². The van der Waals surface area contributed by atoms with Gasteiger partial charge in [-0.15, -0.1) is 0 Å². The van der Waals surface area contributed by atoms with Gasteiger partial charge in [-0.3, -0.25) is 0 Å². The molecule has 3 unspecified atom stereocenters. The van der Waals surface area contributed by atoms with Crippen LogP contribution in [0.5, 0.6) is 0 Å². The SMILES string of the molecule is Cc1ccc(C2CCC(OCC(C)C)C(F)C2)cc1. The molecule has 0 N–H and O–H groups in total. The zero-order chi connectivity index (χ0) is 13.8. The summed E-state index contributed by atoms with van der Waals surface area (Å²) in [5.41, 5.74) is 2.53. The Morgan fingerprint density at radius 1 is 1.21 bits per heavy atom.